The number of aryl methyl sites for hydroxylation is 1. The van der Waals surface area contributed by atoms with E-state index in [9.17, 15) is 10.1 Å². The largest absolute Gasteiger partial charge is 0.290 e. The predicted molar refractivity (Wildman–Crippen MR) is 96.3 cm³/mol. The molecule has 0 N–H and O–H groups in total. The fourth-order valence-electron chi connectivity index (χ4n) is 2.45. The van der Waals surface area contributed by atoms with E-state index in [-0.39, 0.29) is 16.6 Å². The lowest BCUT2D eigenvalue weighted by atomic mass is 10.1. The molecule has 0 amide bonds. The Hall–Kier alpha value is -2.80. The molecule has 0 aliphatic carbocycles. The fourth-order valence-corrected chi connectivity index (χ4v) is 2.63. The van der Waals surface area contributed by atoms with Crippen LogP contribution in [0.15, 0.2) is 46.8 Å². The number of benzene rings is 1. The molecule has 8 heteroatoms. The SMILES string of the molecule is Cc1ccn2c(N=Nc3ccc(Cl)c([N+](=O)[O-])c3)c(C(C)C)nc2c1. The number of nitro groups is 1. The second kappa shape index (κ2) is 6.60. The zero-order valence-corrected chi connectivity index (χ0v) is 14.7. The second-order valence-corrected chi connectivity index (χ2v) is 6.41. The number of halogens is 1. The number of aromatic nitrogens is 2. The van der Waals surface area contributed by atoms with Gasteiger partial charge in [0.15, 0.2) is 5.82 Å². The molecule has 0 saturated carbocycles. The molecule has 0 unspecified atom stereocenters. The highest BCUT2D eigenvalue weighted by atomic mass is 35.5. The topological polar surface area (TPSA) is 85.2 Å². The molecule has 1 aromatic carbocycles. The Morgan fingerprint density at radius 1 is 1.24 bits per heavy atom. The monoisotopic (exact) mass is 357 g/mol. The van der Waals surface area contributed by atoms with Gasteiger partial charge in [-0.15, -0.1) is 10.2 Å². The summed E-state index contributed by atoms with van der Waals surface area (Å²) in [6.07, 6.45) is 1.89. The van der Waals surface area contributed by atoms with Crippen molar-refractivity contribution in [1.82, 2.24) is 9.38 Å². The van der Waals surface area contributed by atoms with E-state index in [4.69, 9.17) is 11.6 Å². The number of nitrogens with zero attached hydrogens (tertiary/aromatic N) is 5. The van der Waals surface area contributed by atoms with Crippen LogP contribution in [-0.4, -0.2) is 14.3 Å². The first-order valence-electron chi connectivity index (χ1n) is 7.71. The minimum absolute atomic E-state index is 0.0668. The summed E-state index contributed by atoms with van der Waals surface area (Å²) in [4.78, 5) is 15.1. The highest BCUT2D eigenvalue weighted by Gasteiger charge is 2.16. The molecular weight excluding hydrogens is 342 g/mol. The predicted octanol–water partition coefficient (Wildman–Crippen LogP) is 5.74. The van der Waals surface area contributed by atoms with Gasteiger partial charge in [0.2, 0.25) is 0 Å². The maximum atomic E-state index is 11.0. The third-order valence-corrected chi connectivity index (χ3v) is 4.04. The smallest absolute Gasteiger partial charge is 0.283 e. The molecular formula is C17H16ClN5O2. The van der Waals surface area contributed by atoms with E-state index in [1.54, 1.807) is 6.07 Å². The summed E-state index contributed by atoms with van der Waals surface area (Å²) in [7, 11) is 0. The normalized spacial score (nSPS) is 11.7. The van der Waals surface area contributed by atoms with Crippen molar-refractivity contribution in [2.45, 2.75) is 26.7 Å². The van der Waals surface area contributed by atoms with Crippen molar-refractivity contribution in [3.05, 3.63) is 62.9 Å². The van der Waals surface area contributed by atoms with Gasteiger partial charge in [0, 0.05) is 12.3 Å². The van der Waals surface area contributed by atoms with Gasteiger partial charge in [-0.1, -0.05) is 25.4 Å². The van der Waals surface area contributed by atoms with Gasteiger partial charge in [0.25, 0.3) is 5.69 Å². The number of pyridine rings is 1. The number of azo groups is 1. The maximum Gasteiger partial charge on any atom is 0.290 e. The molecule has 0 aliphatic rings. The first-order valence-corrected chi connectivity index (χ1v) is 8.09. The standard InChI is InChI=1S/C17H16ClN5O2/c1-10(2)16-17(22-7-6-11(3)8-15(22)19-16)21-20-12-4-5-13(18)14(9-12)23(24)25/h4-10H,1-3H3. The third-order valence-electron chi connectivity index (χ3n) is 3.72. The lowest BCUT2D eigenvalue weighted by molar-refractivity contribution is -0.384. The van der Waals surface area contributed by atoms with E-state index in [1.807, 2.05) is 43.5 Å². The van der Waals surface area contributed by atoms with Crippen LogP contribution in [0.25, 0.3) is 5.65 Å². The van der Waals surface area contributed by atoms with Crippen LogP contribution in [0.3, 0.4) is 0 Å². The summed E-state index contributed by atoms with van der Waals surface area (Å²) < 4.78 is 1.86. The molecule has 3 aromatic rings. The highest BCUT2D eigenvalue weighted by Crippen LogP contribution is 2.32. The van der Waals surface area contributed by atoms with Crippen molar-refractivity contribution in [2.24, 2.45) is 10.2 Å². The summed E-state index contributed by atoms with van der Waals surface area (Å²) in [6.45, 7) is 6.05. The first-order chi connectivity index (χ1) is 11.9. The molecule has 0 fully saturated rings. The van der Waals surface area contributed by atoms with Crippen LogP contribution in [0, 0.1) is 17.0 Å². The van der Waals surface area contributed by atoms with Crippen molar-refractivity contribution in [3.63, 3.8) is 0 Å². The van der Waals surface area contributed by atoms with E-state index in [0.717, 1.165) is 16.9 Å². The number of fused-ring (bicyclic) bond motifs is 1. The molecule has 0 bridgehead atoms. The van der Waals surface area contributed by atoms with Gasteiger partial charge in [0.1, 0.15) is 10.7 Å². The average molecular weight is 358 g/mol. The van der Waals surface area contributed by atoms with Crippen LogP contribution in [0.1, 0.15) is 31.0 Å². The van der Waals surface area contributed by atoms with Crippen molar-refractivity contribution in [2.75, 3.05) is 0 Å². The fraction of sp³-hybridized carbons (Fsp3) is 0.235. The maximum absolute atomic E-state index is 11.0. The Bertz CT molecular complexity index is 994. The van der Waals surface area contributed by atoms with E-state index in [0.29, 0.717) is 11.5 Å². The molecule has 0 spiro atoms. The van der Waals surface area contributed by atoms with Crippen LogP contribution < -0.4 is 0 Å². The van der Waals surface area contributed by atoms with E-state index < -0.39 is 4.92 Å². The molecule has 2 heterocycles. The molecule has 3 rings (SSSR count). The number of hydrogen-bond donors (Lipinski definition) is 0. The molecule has 0 saturated heterocycles. The van der Waals surface area contributed by atoms with Crippen molar-refractivity contribution >= 4 is 34.4 Å². The number of nitro benzene ring substituents is 1. The molecule has 0 aliphatic heterocycles. The molecule has 128 valence electrons. The van der Waals surface area contributed by atoms with Crippen molar-refractivity contribution < 1.29 is 4.92 Å². The van der Waals surface area contributed by atoms with Gasteiger partial charge in [-0.25, -0.2) is 4.98 Å². The van der Waals surface area contributed by atoms with E-state index in [1.165, 1.54) is 12.1 Å². The van der Waals surface area contributed by atoms with Gasteiger partial charge in [-0.3, -0.25) is 14.5 Å². The summed E-state index contributed by atoms with van der Waals surface area (Å²) in [6, 6.07) is 8.26. The lowest BCUT2D eigenvalue weighted by Gasteiger charge is -2.02. The molecule has 2 aromatic heterocycles. The van der Waals surface area contributed by atoms with Crippen LogP contribution >= 0.6 is 11.6 Å². The second-order valence-electron chi connectivity index (χ2n) is 6.00. The van der Waals surface area contributed by atoms with Crippen molar-refractivity contribution in [3.8, 4) is 0 Å². The summed E-state index contributed by atoms with van der Waals surface area (Å²) in [5.74, 6) is 0.774. The zero-order valence-electron chi connectivity index (χ0n) is 14.0. The summed E-state index contributed by atoms with van der Waals surface area (Å²) in [5, 5.41) is 19.5. The minimum atomic E-state index is -0.544. The Morgan fingerprint density at radius 3 is 2.68 bits per heavy atom. The van der Waals surface area contributed by atoms with Crippen LogP contribution in [0.4, 0.5) is 17.2 Å². The quantitative estimate of drug-likeness (QED) is 0.339. The van der Waals surface area contributed by atoms with E-state index in [2.05, 4.69) is 15.2 Å². The Balaban J connectivity index is 2.08. The third kappa shape index (κ3) is 3.36. The van der Waals surface area contributed by atoms with Gasteiger partial charge >= 0.3 is 0 Å². The molecule has 7 nitrogen and oxygen atoms in total. The highest BCUT2D eigenvalue weighted by molar-refractivity contribution is 6.32. The summed E-state index contributed by atoms with van der Waals surface area (Å²) in [5.41, 5.74) is 2.87. The van der Waals surface area contributed by atoms with E-state index >= 15 is 0 Å². The van der Waals surface area contributed by atoms with Crippen LogP contribution in [0.5, 0.6) is 0 Å². The van der Waals surface area contributed by atoms with Gasteiger partial charge < -0.3 is 0 Å². The number of imidazole rings is 1. The van der Waals surface area contributed by atoms with Crippen LogP contribution in [-0.2, 0) is 0 Å². The van der Waals surface area contributed by atoms with Crippen LogP contribution in [0.2, 0.25) is 5.02 Å². The number of rotatable bonds is 4. The number of hydrogen-bond acceptors (Lipinski definition) is 5. The molecule has 25 heavy (non-hydrogen) atoms. The van der Waals surface area contributed by atoms with Gasteiger partial charge in [0.05, 0.1) is 16.3 Å². The Morgan fingerprint density at radius 2 is 2.00 bits per heavy atom. The Labute approximate surface area is 149 Å². The van der Waals surface area contributed by atoms with Gasteiger partial charge in [-0.05, 0) is 42.7 Å². The zero-order chi connectivity index (χ0) is 18.1. The Kier molecular flexibility index (Phi) is 4.50. The van der Waals surface area contributed by atoms with Crippen molar-refractivity contribution in [1.29, 1.82) is 0 Å². The molecule has 0 radical (unpaired) electrons. The van der Waals surface area contributed by atoms with Gasteiger partial charge in [-0.2, -0.15) is 0 Å². The molecule has 0 atom stereocenters. The summed E-state index contributed by atoms with van der Waals surface area (Å²) >= 11 is 5.82. The first kappa shape index (κ1) is 17.0. The average Bonchev–Trinajstić information content (AvgIpc) is 2.91. The lowest BCUT2D eigenvalue weighted by Crippen LogP contribution is -1.88. The minimum Gasteiger partial charge on any atom is -0.283 e.